The van der Waals surface area contributed by atoms with E-state index in [1.807, 2.05) is 6.07 Å². The van der Waals surface area contributed by atoms with E-state index in [-0.39, 0.29) is 40.4 Å². The van der Waals surface area contributed by atoms with E-state index in [1.54, 1.807) is 13.0 Å². The van der Waals surface area contributed by atoms with E-state index in [9.17, 15) is 9.18 Å². The molecule has 5 atom stereocenters. The van der Waals surface area contributed by atoms with Gasteiger partial charge in [-0.15, -0.1) is 0 Å². The van der Waals surface area contributed by atoms with E-state index in [1.165, 1.54) is 13.2 Å². The van der Waals surface area contributed by atoms with Crippen LogP contribution in [0.25, 0.3) is 0 Å². The number of rotatable bonds is 3. The van der Waals surface area contributed by atoms with Gasteiger partial charge in [-0.2, -0.15) is 0 Å². The molecular formula is C21H28FNO3. The molecule has 1 unspecified atom stereocenters. The van der Waals surface area contributed by atoms with Crippen molar-refractivity contribution >= 4 is 5.91 Å². The van der Waals surface area contributed by atoms with Gasteiger partial charge < -0.3 is 14.8 Å². The second kappa shape index (κ2) is 5.95. The van der Waals surface area contributed by atoms with Gasteiger partial charge in [0.15, 0.2) is 11.6 Å². The van der Waals surface area contributed by atoms with Crippen molar-refractivity contribution in [2.75, 3.05) is 13.7 Å². The number of amides is 1. The molecular weight excluding hydrogens is 333 g/mol. The van der Waals surface area contributed by atoms with Crippen LogP contribution in [0.15, 0.2) is 18.2 Å². The number of carbonyl (C=O) groups is 1. The van der Waals surface area contributed by atoms with Gasteiger partial charge in [-0.25, -0.2) is 4.39 Å². The maximum atomic E-state index is 13.8. The molecule has 1 aromatic carbocycles. The highest BCUT2D eigenvalue weighted by Gasteiger charge is 2.68. The average Bonchev–Trinajstić information content (AvgIpc) is 3.08. The molecule has 2 bridgehead atoms. The van der Waals surface area contributed by atoms with Crippen LogP contribution in [0.2, 0.25) is 0 Å². The van der Waals surface area contributed by atoms with Gasteiger partial charge in [-0.1, -0.05) is 19.9 Å². The first kappa shape index (κ1) is 17.8. The van der Waals surface area contributed by atoms with Crippen LogP contribution in [0.5, 0.6) is 5.75 Å². The van der Waals surface area contributed by atoms with Crippen LogP contribution in [0.3, 0.4) is 0 Å². The predicted octanol–water partition coefficient (Wildman–Crippen LogP) is 3.85. The van der Waals surface area contributed by atoms with Crippen molar-refractivity contribution in [1.82, 2.24) is 5.32 Å². The smallest absolute Gasteiger partial charge is 0.217 e. The summed E-state index contributed by atoms with van der Waals surface area (Å²) < 4.78 is 25.2. The van der Waals surface area contributed by atoms with Crippen LogP contribution in [-0.2, 0) is 9.53 Å². The molecule has 1 saturated heterocycles. The van der Waals surface area contributed by atoms with Crippen LogP contribution in [0.1, 0.15) is 51.7 Å². The number of halogens is 1. The van der Waals surface area contributed by atoms with Crippen LogP contribution in [-0.4, -0.2) is 25.7 Å². The summed E-state index contributed by atoms with van der Waals surface area (Å²) in [6, 6.07) is 5.20. The summed E-state index contributed by atoms with van der Waals surface area (Å²) >= 11 is 0. The molecule has 142 valence electrons. The first-order valence-corrected chi connectivity index (χ1v) is 9.52. The lowest BCUT2D eigenvalue weighted by Crippen LogP contribution is -2.58. The molecule has 26 heavy (non-hydrogen) atoms. The van der Waals surface area contributed by atoms with Gasteiger partial charge in [0, 0.05) is 19.6 Å². The quantitative estimate of drug-likeness (QED) is 0.889. The fraction of sp³-hybridized carbons (Fsp3) is 0.667. The SMILES string of the molecule is COc1cc([C@H]2OCCC34C[C@@H](C[C@H]23)C(C)(C)[C@@H]4NC(C)=O)ccc1F. The minimum Gasteiger partial charge on any atom is -0.494 e. The number of methoxy groups -OCH3 is 1. The lowest BCUT2D eigenvalue weighted by Gasteiger charge is -2.53. The van der Waals surface area contributed by atoms with Crippen molar-refractivity contribution in [3.8, 4) is 5.75 Å². The van der Waals surface area contributed by atoms with E-state index in [0.717, 1.165) is 24.8 Å². The lowest BCUT2D eigenvalue weighted by atomic mass is 9.59. The Morgan fingerprint density at radius 2 is 2.15 bits per heavy atom. The van der Waals surface area contributed by atoms with Gasteiger partial charge in [0.05, 0.1) is 13.2 Å². The molecule has 2 saturated carbocycles. The summed E-state index contributed by atoms with van der Waals surface area (Å²) in [5.74, 6) is 0.840. The number of hydrogen-bond acceptors (Lipinski definition) is 3. The molecule has 4 nitrogen and oxygen atoms in total. The predicted molar refractivity (Wildman–Crippen MR) is 96.3 cm³/mol. The van der Waals surface area contributed by atoms with Gasteiger partial charge in [0.25, 0.3) is 0 Å². The molecule has 1 N–H and O–H groups in total. The van der Waals surface area contributed by atoms with Gasteiger partial charge in [-0.05, 0) is 59.6 Å². The zero-order chi connectivity index (χ0) is 18.7. The van der Waals surface area contributed by atoms with Crippen molar-refractivity contribution in [1.29, 1.82) is 0 Å². The maximum absolute atomic E-state index is 13.8. The van der Waals surface area contributed by atoms with E-state index in [0.29, 0.717) is 18.4 Å². The lowest BCUT2D eigenvalue weighted by molar-refractivity contribution is -0.136. The third-order valence-corrected chi connectivity index (χ3v) is 7.36. The number of hydrogen-bond donors (Lipinski definition) is 1. The van der Waals surface area contributed by atoms with Gasteiger partial charge >= 0.3 is 0 Å². The number of fused-ring (bicyclic) bond motifs is 1. The van der Waals surface area contributed by atoms with E-state index < -0.39 is 0 Å². The summed E-state index contributed by atoms with van der Waals surface area (Å²) in [5.41, 5.74) is 1.12. The topological polar surface area (TPSA) is 47.6 Å². The Balaban J connectivity index is 1.71. The highest BCUT2D eigenvalue weighted by atomic mass is 19.1. The van der Waals surface area contributed by atoms with Crippen molar-refractivity contribution in [3.05, 3.63) is 29.6 Å². The zero-order valence-electron chi connectivity index (χ0n) is 16.0. The van der Waals surface area contributed by atoms with Crippen LogP contribution >= 0.6 is 0 Å². The molecule has 1 spiro atoms. The Hall–Kier alpha value is -1.62. The zero-order valence-corrected chi connectivity index (χ0v) is 16.0. The van der Waals surface area contributed by atoms with Crippen LogP contribution in [0.4, 0.5) is 4.39 Å². The molecule has 1 aliphatic heterocycles. The summed E-state index contributed by atoms with van der Waals surface area (Å²) in [5, 5.41) is 3.28. The molecule has 2 aliphatic carbocycles. The maximum Gasteiger partial charge on any atom is 0.217 e. The molecule has 1 heterocycles. The number of carbonyl (C=O) groups excluding carboxylic acids is 1. The van der Waals surface area contributed by atoms with Crippen molar-refractivity contribution in [2.45, 2.75) is 52.2 Å². The van der Waals surface area contributed by atoms with Crippen LogP contribution < -0.4 is 10.1 Å². The Labute approximate surface area is 154 Å². The van der Waals surface area contributed by atoms with Crippen LogP contribution in [0, 0.1) is 28.5 Å². The Bertz CT molecular complexity index is 734. The Morgan fingerprint density at radius 3 is 2.85 bits per heavy atom. The highest BCUT2D eigenvalue weighted by molar-refractivity contribution is 5.73. The molecule has 0 radical (unpaired) electrons. The third kappa shape index (κ3) is 2.39. The summed E-state index contributed by atoms with van der Waals surface area (Å²) in [7, 11) is 1.48. The Kier molecular flexibility index (Phi) is 4.07. The normalized spacial score (nSPS) is 37.3. The van der Waals surface area contributed by atoms with E-state index >= 15 is 0 Å². The minimum absolute atomic E-state index is 0.0373. The van der Waals surface area contributed by atoms with Crippen molar-refractivity contribution in [2.24, 2.45) is 22.7 Å². The first-order valence-electron chi connectivity index (χ1n) is 9.52. The molecule has 5 heteroatoms. The molecule has 1 amide bonds. The molecule has 3 fully saturated rings. The number of nitrogens with one attached hydrogen (secondary N) is 1. The highest BCUT2D eigenvalue weighted by Crippen LogP contribution is 2.70. The summed E-state index contributed by atoms with van der Waals surface area (Å²) in [6.45, 7) is 6.85. The average molecular weight is 361 g/mol. The van der Waals surface area contributed by atoms with Crippen molar-refractivity contribution < 1.29 is 18.7 Å². The number of benzene rings is 1. The number of ether oxygens (including phenoxy) is 2. The second-order valence-corrected chi connectivity index (χ2v) is 8.87. The van der Waals surface area contributed by atoms with Gasteiger partial charge in [0.2, 0.25) is 5.91 Å². The largest absolute Gasteiger partial charge is 0.494 e. The fourth-order valence-corrected chi connectivity index (χ4v) is 6.17. The van der Waals surface area contributed by atoms with E-state index in [2.05, 4.69) is 19.2 Å². The molecule has 1 aromatic rings. The van der Waals surface area contributed by atoms with Gasteiger partial charge in [0.1, 0.15) is 0 Å². The first-order chi connectivity index (χ1) is 12.3. The minimum atomic E-state index is -0.355. The second-order valence-electron chi connectivity index (χ2n) is 8.87. The van der Waals surface area contributed by atoms with Crippen molar-refractivity contribution in [3.63, 3.8) is 0 Å². The molecule has 3 aliphatic rings. The third-order valence-electron chi connectivity index (χ3n) is 7.36. The van der Waals surface area contributed by atoms with E-state index in [4.69, 9.17) is 9.47 Å². The fourth-order valence-electron chi connectivity index (χ4n) is 6.17. The summed E-state index contributed by atoms with van der Waals surface area (Å²) in [4.78, 5) is 11.9. The molecule has 4 rings (SSSR count). The van der Waals surface area contributed by atoms with Gasteiger partial charge in [-0.3, -0.25) is 4.79 Å². The monoisotopic (exact) mass is 361 g/mol. The molecule has 0 aromatic heterocycles. The standard InChI is InChI=1S/C21H28FNO3/c1-12(24)23-19-20(2,3)14-10-15-18(26-8-7-21(15,19)11-14)13-5-6-16(22)17(9-13)25-4/h5-6,9,14-15,18-19H,7-8,10-11H2,1-4H3,(H,23,24)/t14-,15-,18-,19+,21?/m1/s1. The summed E-state index contributed by atoms with van der Waals surface area (Å²) in [6.07, 6.45) is 3.12. The Morgan fingerprint density at radius 1 is 1.38 bits per heavy atom.